The smallest absolute Gasteiger partial charge is 0.264 e. The molecule has 24 heavy (non-hydrogen) atoms. The largest absolute Gasteiger partial charge is 0.348 e. The average molecular weight is 346 g/mol. The van der Waals surface area contributed by atoms with Crippen molar-refractivity contribution in [3.63, 3.8) is 0 Å². The summed E-state index contributed by atoms with van der Waals surface area (Å²) in [6.45, 7) is 1.76. The molecule has 1 amide bonds. The van der Waals surface area contributed by atoms with Gasteiger partial charge in [0.25, 0.3) is 5.56 Å². The molecular weight excluding hydrogens is 330 g/mol. The Kier molecular flexibility index (Phi) is 4.35. The number of nitrogens with one attached hydrogen (secondary N) is 1. The maximum Gasteiger partial charge on any atom is 0.264 e. The van der Waals surface area contributed by atoms with Gasteiger partial charge in [-0.2, -0.15) is 5.10 Å². The van der Waals surface area contributed by atoms with Gasteiger partial charge in [0.05, 0.1) is 12.2 Å². The standard InChI is InChI=1S/C16H16ClN5O2/c1-10(11-3-5-12(17)6-4-11)20-14(23)8-22-9-18-15-13(16(22)24)7-19-21(15)2/h3-7,9-10H,8H2,1-2H3,(H,20,23)/t10-/m0/s1. The van der Waals surface area contributed by atoms with Crippen LogP contribution in [0.3, 0.4) is 0 Å². The second-order valence-electron chi connectivity index (χ2n) is 5.52. The van der Waals surface area contributed by atoms with E-state index in [1.54, 1.807) is 19.2 Å². The molecule has 0 aliphatic carbocycles. The molecule has 0 spiro atoms. The van der Waals surface area contributed by atoms with Crippen LogP contribution in [-0.2, 0) is 18.4 Å². The first-order chi connectivity index (χ1) is 11.5. The third-order valence-corrected chi connectivity index (χ3v) is 4.03. The van der Waals surface area contributed by atoms with Crippen LogP contribution in [-0.4, -0.2) is 25.2 Å². The van der Waals surface area contributed by atoms with Crippen molar-refractivity contribution in [3.8, 4) is 0 Å². The first-order valence-corrected chi connectivity index (χ1v) is 7.75. The van der Waals surface area contributed by atoms with Gasteiger partial charge in [-0.15, -0.1) is 0 Å². The number of aromatic nitrogens is 4. The fourth-order valence-corrected chi connectivity index (χ4v) is 2.58. The first kappa shape index (κ1) is 16.2. The molecule has 2 aromatic heterocycles. The molecule has 1 atom stereocenters. The average Bonchev–Trinajstić information content (AvgIpc) is 2.92. The molecular formula is C16H16ClN5O2. The monoisotopic (exact) mass is 345 g/mol. The minimum absolute atomic E-state index is 0.103. The lowest BCUT2D eigenvalue weighted by Crippen LogP contribution is -2.33. The molecule has 0 aliphatic heterocycles. The normalized spacial score (nSPS) is 12.3. The summed E-state index contributed by atoms with van der Waals surface area (Å²) in [4.78, 5) is 28.7. The van der Waals surface area contributed by atoms with Gasteiger partial charge in [-0.3, -0.25) is 18.8 Å². The van der Waals surface area contributed by atoms with Crippen molar-refractivity contribution in [1.29, 1.82) is 0 Å². The van der Waals surface area contributed by atoms with Crippen LogP contribution in [0.5, 0.6) is 0 Å². The van der Waals surface area contributed by atoms with E-state index in [-0.39, 0.29) is 24.1 Å². The lowest BCUT2D eigenvalue weighted by Gasteiger charge is -2.15. The molecule has 0 saturated carbocycles. The van der Waals surface area contributed by atoms with Crippen molar-refractivity contribution in [2.45, 2.75) is 19.5 Å². The zero-order chi connectivity index (χ0) is 17.3. The molecule has 0 bridgehead atoms. The van der Waals surface area contributed by atoms with Gasteiger partial charge >= 0.3 is 0 Å². The number of nitrogens with zero attached hydrogens (tertiary/aromatic N) is 4. The summed E-state index contributed by atoms with van der Waals surface area (Å²) < 4.78 is 2.79. The lowest BCUT2D eigenvalue weighted by molar-refractivity contribution is -0.122. The van der Waals surface area contributed by atoms with Crippen molar-refractivity contribution in [2.24, 2.45) is 7.05 Å². The molecule has 0 unspecified atom stereocenters. The number of amides is 1. The number of benzene rings is 1. The Morgan fingerprint density at radius 1 is 1.33 bits per heavy atom. The second-order valence-corrected chi connectivity index (χ2v) is 5.96. The third kappa shape index (κ3) is 3.16. The Morgan fingerprint density at radius 2 is 2.04 bits per heavy atom. The van der Waals surface area contributed by atoms with E-state index < -0.39 is 0 Å². The molecule has 0 fully saturated rings. The van der Waals surface area contributed by atoms with Crippen LogP contribution in [0.1, 0.15) is 18.5 Å². The molecule has 2 heterocycles. The van der Waals surface area contributed by atoms with E-state index in [0.29, 0.717) is 16.1 Å². The zero-order valence-corrected chi connectivity index (χ0v) is 14.0. The third-order valence-electron chi connectivity index (χ3n) is 3.78. The molecule has 7 nitrogen and oxygen atoms in total. The molecule has 0 saturated heterocycles. The van der Waals surface area contributed by atoms with Crippen LogP contribution < -0.4 is 10.9 Å². The van der Waals surface area contributed by atoms with Crippen molar-refractivity contribution in [2.75, 3.05) is 0 Å². The van der Waals surface area contributed by atoms with Gasteiger partial charge in [-0.25, -0.2) is 4.98 Å². The van der Waals surface area contributed by atoms with E-state index in [0.717, 1.165) is 5.56 Å². The molecule has 0 aliphatic rings. The van der Waals surface area contributed by atoms with Crippen LogP contribution in [0.25, 0.3) is 11.0 Å². The van der Waals surface area contributed by atoms with Gasteiger partial charge in [0.15, 0.2) is 5.65 Å². The fraction of sp³-hybridized carbons (Fsp3) is 0.250. The minimum atomic E-state index is -0.289. The van der Waals surface area contributed by atoms with E-state index in [1.807, 2.05) is 19.1 Å². The lowest BCUT2D eigenvalue weighted by atomic mass is 10.1. The van der Waals surface area contributed by atoms with Crippen molar-refractivity contribution >= 4 is 28.5 Å². The van der Waals surface area contributed by atoms with Crippen LogP contribution in [0.15, 0.2) is 41.6 Å². The van der Waals surface area contributed by atoms with E-state index in [2.05, 4.69) is 15.4 Å². The topological polar surface area (TPSA) is 81.8 Å². The SMILES string of the molecule is C[C@H](NC(=O)Cn1cnc2c(cnn2C)c1=O)c1ccc(Cl)cc1. The highest BCUT2D eigenvalue weighted by Crippen LogP contribution is 2.15. The maximum absolute atomic E-state index is 12.3. The maximum atomic E-state index is 12.3. The molecule has 1 N–H and O–H groups in total. The highest BCUT2D eigenvalue weighted by molar-refractivity contribution is 6.30. The zero-order valence-electron chi connectivity index (χ0n) is 13.2. The van der Waals surface area contributed by atoms with Gasteiger partial charge in [0.2, 0.25) is 5.91 Å². The fourth-order valence-electron chi connectivity index (χ4n) is 2.46. The molecule has 124 valence electrons. The Balaban J connectivity index is 1.74. The van der Waals surface area contributed by atoms with Gasteiger partial charge < -0.3 is 5.32 Å². The van der Waals surface area contributed by atoms with Crippen molar-refractivity contribution in [3.05, 3.63) is 57.7 Å². The predicted molar refractivity (Wildman–Crippen MR) is 90.8 cm³/mol. The van der Waals surface area contributed by atoms with Gasteiger partial charge in [-0.1, -0.05) is 23.7 Å². The molecule has 1 aromatic carbocycles. The van der Waals surface area contributed by atoms with Gasteiger partial charge in [-0.05, 0) is 24.6 Å². The summed E-state index contributed by atoms with van der Waals surface area (Å²) >= 11 is 5.86. The van der Waals surface area contributed by atoms with E-state index >= 15 is 0 Å². The van der Waals surface area contributed by atoms with Crippen molar-refractivity contribution in [1.82, 2.24) is 24.6 Å². The molecule has 3 rings (SSSR count). The quantitative estimate of drug-likeness (QED) is 0.779. The molecule has 0 radical (unpaired) electrons. The minimum Gasteiger partial charge on any atom is -0.348 e. The summed E-state index contributed by atoms with van der Waals surface area (Å²) in [6.07, 6.45) is 2.81. The number of carbonyl (C=O) groups excluding carboxylic acids is 1. The Morgan fingerprint density at radius 3 is 2.75 bits per heavy atom. The molecule has 3 aromatic rings. The van der Waals surface area contributed by atoms with Crippen molar-refractivity contribution < 1.29 is 4.79 Å². The van der Waals surface area contributed by atoms with Gasteiger partial charge in [0, 0.05) is 12.1 Å². The number of fused-ring (bicyclic) bond motifs is 1. The Labute approximate surface area is 142 Å². The summed E-state index contributed by atoms with van der Waals surface area (Å²) in [5, 5.41) is 7.88. The summed E-state index contributed by atoms with van der Waals surface area (Å²) in [5.41, 5.74) is 1.13. The van der Waals surface area contributed by atoms with Crippen LogP contribution >= 0.6 is 11.6 Å². The molecule has 8 heteroatoms. The van der Waals surface area contributed by atoms with Crippen LogP contribution in [0, 0.1) is 0 Å². The number of aryl methyl sites for hydroxylation is 1. The summed E-state index contributed by atoms with van der Waals surface area (Å²) in [6, 6.07) is 7.04. The number of carbonyl (C=O) groups is 1. The van der Waals surface area contributed by atoms with Crippen LogP contribution in [0.2, 0.25) is 5.02 Å². The highest BCUT2D eigenvalue weighted by atomic mass is 35.5. The number of rotatable bonds is 4. The van der Waals surface area contributed by atoms with E-state index in [1.165, 1.54) is 21.8 Å². The Hall–Kier alpha value is -2.67. The first-order valence-electron chi connectivity index (χ1n) is 7.37. The predicted octanol–water partition coefficient (Wildman–Crippen LogP) is 1.66. The van der Waals surface area contributed by atoms with Crippen LogP contribution in [0.4, 0.5) is 0 Å². The van der Waals surface area contributed by atoms with E-state index in [4.69, 9.17) is 11.6 Å². The number of halogens is 1. The van der Waals surface area contributed by atoms with E-state index in [9.17, 15) is 9.59 Å². The second kappa shape index (κ2) is 6.45. The van der Waals surface area contributed by atoms with Gasteiger partial charge in [0.1, 0.15) is 18.3 Å². The highest BCUT2D eigenvalue weighted by Gasteiger charge is 2.13. The number of hydrogen-bond acceptors (Lipinski definition) is 4. The summed E-state index contributed by atoms with van der Waals surface area (Å²) in [7, 11) is 1.71. The summed E-state index contributed by atoms with van der Waals surface area (Å²) in [5.74, 6) is -0.274. The Bertz CT molecular complexity index is 945. The number of hydrogen-bond donors (Lipinski definition) is 1.